The van der Waals surface area contributed by atoms with Crippen molar-refractivity contribution >= 4 is 23.2 Å². The molecule has 0 saturated carbocycles. The number of imide groups is 1. The number of methoxy groups -OCH3 is 1. The number of nitrogens with two attached hydrogens (primary N) is 1. The number of carbonyl (C=O) groups is 2. The predicted molar refractivity (Wildman–Crippen MR) is 75.4 cm³/mol. The van der Waals surface area contributed by atoms with Crippen LogP contribution in [0.4, 0.5) is 15.8 Å². The number of ether oxygens (including phenoxy) is 1. The molecule has 1 heterocycles. The average Bonchev–Trinajstić information content (AvgIpc) is 2.72. The standard InChI is InChI=1S/C15H15FN2O3/c1-21-13-7-12(10(16)6-11(13)17)18-14(19)8-4-2-3-5-9(8)15(18)20/h6-7H,2-5,17H2,1H3. The normalized spacial score (nSPS) is 18.3. The van der Waals surface area contributed by atoms with Crippen LogP contribution in [0.15, 0.2) is 23.3 Å². The molecule has 1 aromatic rings. The Balaban J connectivity index is 2.06. The fourth-order valence-electron chi connectivity index (χ4n) is 2.86. The predicted octanol–water partition coefficient (Wildman–Crippen LogP) is 2.16. The zero-order valence-corrected chi connectivity index (χ0v) is 11.6. The molecular formula is C15H15FN2O3. The lowest BCUT2D eigenvalue weighted by Crippen LogP contribution is -2.32. The third kappa shape index (κ3) is 1.98. The van der Waals surface area contributed by atoms with Gasteiger partial charge in [0, 0.05) is 23.3 Å². The molecule has 1 aliphatic carbocycles. The first kappa shape index (κ1) is 13.6. The number of hydrogen-bond acceptors (Lipinski definition) is 4. The van der Waals surface area contributed by atoms with E-state index >= 15 is 0 Å². The zero-order chi connectivity index (χ0) is 15.1. The molecule has 0 saturated heterocycles. The van der Waals surface area contributed by atoms with E-state index in [0.717, 1.165) is 23.8 Å². The van der Waals surface area contributed by atoms with E-state index in [9.17, 15) is 14.0 Å². The number of nitrogens with zero attached hydrogens (tertiary/aromatic N) is 1. The van der Waals surface area contributed by atoms with Crippen molar-refractivity contribution in [2.45, 2.75) is 25.7 Å². The highest BCUT2D eigenvalue weighted by atomic mass is 19.1. The molecular weight excluding hydrogens is 275 g/mol. The molecule has 0 aromatic heterocycles. The summed E-state index contributed by atoms with van der Waals surface area (Å²) >= 11 is 0. The van der Waals surface area contributed by atoms with Gasteiger partial charge in [0.15, 0.2) is 0 Å². The number of carbonyl (C=O) groups excluding carboxylic acids is 2. The quantitative estimate of drug-likeness (QED) is 0.669. The maximum atomic E-state index is 14.1. The van der Waals surface area contributed by atoms with E-state index in [1.165, 1.54) is 13.2 Å². The van der Waals surface area contributed by atoms with Crippen molar-refractivity contribution in [3.63, 3.8) is 0 Å². The van der Waals surface area contributed by atoms with Gasteiger partial charge in [0.05, 0.1) is 18.5 Å². The molecule has 2 amide bonds. The summed E-state index contributed by atoms with van der Waals surface area (Å²) in [5.41, 5.74) is 6.67. The lowest BCUT2D eigenvalue weighted by Gasteiger charge is -2.17. The van der Waals surface area contributed by atoms with Crippen LogP contribution in [-0.4, -0.2) is 18.9 Å². The topological polar surface area (TPSA) is 72.6 Å². The van der Waals surface area contributed by atoms with Gasteiger partial charge in [-0.15, -0.1) is 0 Å². The lowest BCUT2D eigenvalue weighted by molar-refractivity contribution is -0.120. The molecule has 5 nitrogen and oxygen atoms in total. The second kappa shape index (κ2) is 4.87. The summed E-state index contributed by atoms with van der Waals surface area (Å²) < 4.78 is 19.2. The first-order valence-electron chi connectivity index (χ1n) is 6.78. The summed E-state index contributed by atoms with van der Waals surface area (Å²) in [6, 6.07) is 2.35. The van der Waals surface area contributed by atoms with Gasteiger partial charge in [0.2, 0.25) is 0 Å². The Morgan fingerprint density at radius 2 is 1.71 bits per heavy atom. The van der Waals surface area contributed by atoms with Crippen LogP contribution >= 0.6 is 0 Å². The van der Waals surface area contributed by atoms with Gasteiger partial charge >= 0.3 is 0 Å². The van der Waals surface area contributed by atoms with Crippen LogP contribution in [0, 0.1) is 5.82 Å². The van der Waals surface area contributed by atoms with Crippen LogP contribution < -0.4 is 15.4 Å². The minimum Gasteiger partial charge on any atom is -0.495 e. The SMILES string of the molecule is COc1cc(N2C(=O)C3=C(CCCC3)C2=O)c(F)cc1N. The van der Waals surface area contributed by atoms with E-state index in [2.05, 4.69) is 0 Å². The highest BCUT2D eigenvalue weighted by Gasteiger charge is 2.41. The summed E-state index contributed by atoms with van der Waals surface area (Å²) in [6.45, 7) is 0. The fraction of sp³-hybridized carbons (Fsp3) is 0.333. The first-order chi connectivity index (χ1) is 10.0. The third-order valence-corrected chi connectivity index (χ3v) is 3.93. The van der Waals surface area contributed by atoms with Gasteiger partial charge in [-0.05, 0) is 25.7 Å². The van der Waals surface area contributed by atoms with Gasteiger partial charge in [-0.3, -0.25) is 9.59 Å². The van der Waals surface area contributed by atoms with Crippen molar-refractivity contribution < 1.29 is 18.7 Å². The maximum absolute atomic E-state index is 14.1. The number of halogens is 1. The third-order valence-electron chi connectivity index (χ3n) is 3.93. The van der Waals surface area contributed by atoms with E-state index < -0.39 is 17.6 Å². The van der Waals surface area contributed by atoms with Crippen LogP contribution in [0.1, 0.15) is 25.7 Å². The second-order valence-electron chi connectivity index (χ2n) is 5.16. The summed E-state index contributed by atoms with van der Waals surface area (Å²) in [5, 5.41) is 0. The molecule has 1 aromatic carbocycles. The summed E-state index contributed by atoms with van der Waals surface area (Å²) in [6.07, 6.45) is 2.90. The molecule has 110 valence electrons. The summed E-state index contributed by atoms with van der Waals surface area (Å²) in [7, 11) is 1.39. The summed E-state index contributed by atoms with van der Waals surface area (Å²) in [4.78, 5) is 25.7. The Morgan fingerprint density at radius 3 is 2.24 bits per heavy atom. The van der Waals surface area contributed by atoms with E-state index in [0.29, 0.717) is 24.0 Å². The Kier molecular flexibility index (Phi) is 3.16. The second-order valence-corrected chi connectivity index (χ2v) is 5.16. The van der Waals surface area contributed by atoms with E-state index in [1.54, 1.807) is 0 Å². The molecule has 2 N–H and O–H groups in total. The van der Waals surface area contributed by atoms with Crippen LogP contribution in [0.5, 0.6) is 5.75 Å². The first-order valence-corrected chi connectivity index (χ1v) is 6.78. The fourth-order valence-corrected chi connectivity index (χ4v) is 2.86. The summed E-state index contributed by atoms with van der Waals surface area (Å²) in [5.74, 6) is -1.34. The molecule has 0 fully saturated rings. The van der Waals surface area contributed by atoms with Gasteiger partial charge in [-0.2, -0.15) is 0 Å². The number of rotatable bonds is 2. The maximum Gasteiger partial charge on any atom is 0.261 e. The van der Waals surface area contributed by atoms with E-state index in [4.69, 9.17) is 10.5 Å². The van der Waals surface area contributed by atoms with Gasteiger partial charge in [0.25, 0.3) is 11.8 Å². The van der Waals surface area contributed by atoms with Crippen LogP contribution in [0.25, 0.3) is 0 Å². The molecule has 0 radical (unpaired) electrons. The molecule has 3 rings (SSSR count). The van der Waals surface area contributed by atoms with E-state index in [-0.39, 0.29) is 17.1 Å². The molecule has 21 heavy (non-hydrogen) atoms. The largest absolute Gasteiger partial charge is 0.495 e. The van der Waals surface area contributed by atoms with Crippen molar-refractivity contribution in [2.24, 2.45) is 0 Å². The Labute approximate surface area is 121 Å². The van der Waals surface area contributed by atoms with Gasteiger partial charge < -0.3 is 10.5 Å². The van der Waals surface area contributed by atoms with Crippen molar-refractivity contribution in [3.05, 3.63) is 29.1 Å². The minimum absolute atomic E-state index is 0.106. The number of nitrogen functional groups attached to an aromatic ring is 1. The van der Waals surface area contributed by atoms with Crippen molar-refractivity contribution in [1.29, 1.82) is 0 Å². The van der Waals surface area contributed by atoms with Crippen molar-refractivity contribution in [1.82, 2.24) is 0 Å². The van der Waals surface area contributed by atoms with Crippen molar-refractivity contribution in [3.8, 4) is 5.75 Å². The van der Waals surface area contributed by atoms with Gasteiger partial charge in [-0.25, -0.2) is 9.29 Å². The number of anilines is 2. The highest BCUT2D eigenvalue weighted by molar-refractivity contribution is 6.33. The molecule has 0 bridgehead atoms. The van der Waals surface area contributed by atoms with Gasteiger partial charge in [-0.1, -0.05) is 0 Å². The Bertz CT molecular complexity index is 654. The smallest absolute Gasteiger partial charge is 0.261 e. The van der Waals surface area contributed by atoms with E-state index in [1.807, 2.05) is 0 Å². The number of hydrogen-bond donors (Lipinski definition) is 1. The zero-order valence-electron chi connectivity index (χ0n) is 11.6. The molecule has 0 spiro atoms. The van der Waals surface area contributed by atoms with Gasteiger partial charge in [0.1, 0.15) is 11.6 Å². The van der Waals surface area contributed by atoms with Crippen LogP contribution in [0.3, 0.4) is 0 Å². The Hall–Kier alpha value is -2.37. The molecule has 6 heteroatoms. The number of benzene rings is 1. The lowest BCUT2D eigenvalue weighted by atomic mass is 9.93. The molecule has 0 atom stereocenters. The molecule has 2 aliphatic rings. The van der Waals surface area contributed by atoms with Crippen LogP contribution in [-0.2, 0) is 9.59 Å². The number of amides is 2. The minimum atomic E-state index is -0.713. The highest BCUT2D eigenvalue weighted by Crippen LogP contribution is 2.38. The monoisotopic (exact) mass is 290 g/mol. The average molecular weight is 290 g/mol. The van der Waals surface area contributed by atoms with Crippen LogP contribution in [0.2, 0.25) is 0 Å². The molecule has 0 unspecified atom stereocenters. The molecule has 1 aliphatic heterocycles. The van der Waals surface area contributed by atoms with Crippen molar-refractivity contribution in [2.75, 3.05) is 17.7 Å². The Morgan fingerprint density at radius 1 is 1.14 bits per heavy atom.